The maximum atomic E-state index is 12.6. The van der Waals surface area contributed by atoms with Crippen LogP contribution in [0.5, 0.6) is 0 Å². The van der Waals surface area contributed by atoms with Gasteiger partial charge in [0.2, 0.25) is 0 Å². The molecule has 0 aliphatic carbocycles. The van der Waals surface area contributed by atoms with E-state index in [1.54, 1.807) is 48.3 Å². The van der Waals surface area contributed by atoms with Crippen molar-refractivity contribution in [1.82, 2.24) is 5.32 Å². The Morgan fingerprint density at radius 2 is 1.48 bits per heavy atom. The molecule has 3 rings (SSSR count). The summed E-state index contributed by atoms with van der Waals surface area (Å²) in [5, 5.41) is 5.83. The summed E-state index contributed by atoms with van der Waals surface area (Å²) in [5.74, 6) is -0.380. The normalized spacial score (nSPS) is 10.1. The van der Waals surface area contributed by atoms with Gasteiger partial charge in [-0.3, -0.25) is 14.9 Å². The van der Waals surface area contributed by atoms with E-state index in [0.717, 1.165) is 11.3 Å². The number of nitrogens with zero attached hydrogens (tertiary/aromatic N) is 1. The zero-order valence-corrected chi connectivity index (χ0v) is 17.0. The van der Waals surface area contributed by atoms with E-state index in [4.69, 9.17) is 12.2 Å². The molecule has 5 nitrogen and oxygen atoms in total. The van der Waals surface area contributed by atoms with Crippen molar-refractivity contribution < 1.29 is 9.59 Å². The Hall–Kier alpha value is -3.51. The molecule has 0 fully saturated rings. The molecular weight excluding hydrogens is 382 g/mol. The second kappa shape index (κ2) is 9.12. The van der Waals surface area contributed by atoms with Crippen molar-refractivity contribution in [3.63, 3.8) is 0 Å². The Morgan fingerprint density at radius 3 is 2.14 bits per heavy atom. The third-order valence-electron chi connectivity index (χ3n) is 4.45. The van der Waals surface area contributed by atoms with Gasteiger partial charge in [-0.1, -0.05) is 36.4 Å². The maximum absolute atomic E-state index is 12.6. The van der Waals surface area contributed by atoms with E-state index in [1.165, 1.54) is 0 Å². The number of aryl methyl sites for hydroxylation is 1. The summed E-state index contributed by atoms with van der Waals surface area (Å²) in [6, 6.07) is 23.7. The van der Waals surface area contributed by atoms with Crippen LogP contribution in [0.2, 0.25) is 0 Å². The van der Waals surface area contributed by atoms with Crippen LogP contribution in [0.4, 0.5) is 11.4 Å². The largest absolute Gasteiger partial charge is 0.332 e. The first-order valence-corrected chi connectivity index (χ1v) is 9.47. The third kappa shape index (κ3) is 5.06. The maximum Gasteiger partial charge on any atom is 0.258 e. The van der Waals surface area contributed by atoms with Crippen LogP contribution >= 0.6 is 12.2 Å². The number of para-hydroxylation sites is 1. The highest BCUT2D eigenvalue weighted by Gasteiger charge is 2.14. The van der Waals surface area contributed by atoms with Gasteiger partial charge in [-0.25, -0.2) is 0 Å². The molecule has 3 aromatic rings. The van der Waals surface area contributed by atoms with Crippen LogP contribution in [0.1, 0.15) is 26.3 Å². The van der Waals surface area contributed by atoms with Gasteiger partial charge < -0.3 is 10.2 Å². The molecule has 0 aliphatic rings. The van der Waals surface area contributed by atoms with Crippen LogP contribution in [-0.2, 0) is 0 Å². The second-order valence-electron chi connectivity index (χ2n) is 6.50. The van der Waals surface area contributed by atoms with E-state index in [0.29, 0.717) is 16.8 Å². The molecular formula is C23H21N3O2S. The second-order valence-corrected chi connectivity index (χ2v) is 6.91. The van der Waals surface area contributed by atoms with Gasteiger partial charge in [0.05, 0.1) is 0 Å². The van der Waals surface area contributed by atoms with Gasteiger partial charge in [-0.2, -0.15) is 0 Å². The summed E-state index contributed by atoms with van der Waals surface area (Å²) in [4.78, 5) is 26.6. The molecule has 0 aromatic heterocycles. The molecule has 0 radical (unpaired) electrons. The number of nitrogens with one attached hydrogen (secondary N) is 2. The zero-order valence-electron chi connectivity index (χ0n) is 16.2. The number of rotatable bonds is 4. The molecule has 29 heavy (non-hydrogen) atoms. The average molecular weight is 404 g/mol. The molecule has 0 atom stereocenters. The summed E-state index contributed by atoms with van der Waals surface area (Å²) < 4.78 is 0. The van der Waals surface area contributed by atoms with Gasteiger partial charge in [0.1, 0.15) is 0 Å². The molecule has 0 spiro atoms. The van der Waals surface area contributed by atoms with Crippen LogP contribution in [0, 0.1) is 6.92 Å². The third-order valence-corrected chi connectivity index (χ3v) is 4.66. The molecule has 0 aliphatic heterocycles. The van der Waals surface area contributed by atoms with Gasteiger partial charge in [0, 0.05) is 29.5 Å². The summed E-state index contributed by atoms with van der Waals surface area (Å²) >= 11 is 5.23. The fraction of sp³-hybridized carbons (Fsp3) is 0.0870. The number of thiocarbonyl (C=S) groups is 1. The van der Waals surface area contributed by atoms with Gasteiger partial charge in [-0.15, -0.1) is 0 Å². The highest BCUT2D eigenvalue weighted by molar-refractivity contribution is 7.80. The quantitative estimate of drug-likeness (QED) is 0.634. The highest BCUT2D eigenvalue weighted by Crippen LogP contribution is 2.16. The van der Waals surface area contributed by atoms with Crippen molar-refractivity contribution in [2.24, 2.45) is 0 Å². The average Bonchev–Trinajstić information content (AvgIpc) is 2.74. The van der Waals surface area contributed by atoms with E-state index in [-0.39, 0.29) is 16.9 Å². The van der Waals surface area contributed by atoms with E-state index >= 15 is 0 Å². The first-order chi connectivity index (χ1) is 14.0. The van der Waals surface area contributed by atoms with E-state index < -0.39 is 0 Å². The van der Waals surface area contributed by atoms with E-state index in [9.17, 15) is 9.59 Å². The van der Waals surface area contributed by atoms with Crippen molar-refractivity contribution in [2.75, 3.05) is 17.3 Å². The van der Waals surface area contributed by atoms with E-state index in [1.807, 2.05) is 49.4 Å². The molecule has 3 aromatic carbocycles. The predicted molar refractivity (Wildman–Crippen MR) is 120 cm³/mol. The Kier molecular flexibility index (Phi) is 6.36. The molecule has 2 amide bonds. The number of amides is 2. The summed E-state index contributed by atoms with van der Waals surface area (Å²) in [7, 11) is 1.74. The Bertz CT molecular complexity index is 1030. The molecule has 0 saturated heterocycles. The molecule has 146 valence electrons. The monoisotopic (exact) mass is 403 g/mol. The molecule has 2 N–H and O–H groups in total. The van der Waals surface area contributed by atoms with Crippen LogP contribution < -0.4 is 15.5 Å². The van der Waals surface area contributed by atoms with E-state index in [2.05, 4.69) is 10.6 Å². The van der Waals surface area contributed by atoms with Crippen molar-refractivity contribution in [3.05, 3.63) is 95.6 Å². The van der Waals surface area contributed by atoms with Crippen molar-refractivity contribution in [3.8, 4) is 0 Å². The van der Waals surface area contributed by atoms with Crippen molar-refractivity contribution >= 4 is 40.5 Å². The molecule has 0 unspecified atom stereocenters. The summed E-state index contributed by atoms with van der Waals surface area (Å²) in [6.45, 7) is 1.87. The van der Waals surface area contributed by atoms with Crippen molar-refractivity contribution in [1.29, 1.82) is 0 Å². The minimum Gasteiger partial charge on any atom is -0.332 e. The molecule has 6 heteroatoms. The molecule has 0 saturated carbocycles. The minimum atomic E-state index is -0.267. The van der Waals surface area contributed by atoms with Gasteiger partial charge in [0.15, 0.2) is 5.11 Å². The Labute approximate surface area is 175 Å². The van der Waals surface area contributed by atoms with Gasteiger partial charge in [-0.05, 0) is 67.2 Å². The number of anilines is 2. The lowest BCUT2D eigenvalue weighted by Crippen LogP contribution is -2.34. The Morgan fingerprint density at radius 1 is 0.862 bits per heavy atom. The first kappa shape index (κ1) is 20.2. The van der Waals surface area contributed by atoms with Crippen molar-refractivity contribution in [2.45, 2.75) is 6.92 Å². The fourth-order valence-electron chi connectivity index (χ4n) is 2.82. The minimum absolute atomic E-state index is 0.113. The van der Waals surface area contributed by atoms with Gasteiger partial charge >= 0.3 is 0 Å². The highest BCUT2D eigenvalue weighted by atomic mass is 32.1. The number of carbonyl (C=O) groups excluding carboxylic acids is 2. The van der Waals surface area contributed by atoms with Crippen LogP contribution in [0.3, 0.4) is 0 Å². The zero-order chi connectivity index (χ0) is 20.8. The lowest BCUT2D eigenvalue weighted by molar-refractivity contribution is 0.0974. The first-order valence-electron chi connectivity index (χ1n) is 9.07. The predicted octanol–water partition coefficient (Wildman–Crippen LogP) is 4.40. The SMILES string of the molecule is Cc1ccccc1C(=O)NC(=S)Nc1ccc(C(=O)N(C)c2ccccc2)cc1. The van der Waals surface area contributed by atoms with Crippen LogP contribution in [-0.4, -0.2) is 24.0 Å². The standard InChI is InChI=1S/C23H21N3O2S/c1-16-8-6-7-11-20(16)21(27)25-23(29)24-18-14-12-17(13-15-18)22(28)26(2)19-9-4-3-5-10-19/h3-15H,1-2H3,(H2,24,25,27,29). The Balaban J connectivity index is 1.61. The molecule has 0 heterocycles. The lowest BCUT2D eigenvalue weighted by Gasteiger charge is -2.17. The lowest BCUT2D eigenvalue weighted by atomic mass is 10.1. The molecule has 0 bridgehead atoms. The number of hydrogen-bond acceptors (Lipinski definition) is 3. The fourth-order valence-corrected chi connectivity index (χ4v) is 3.03. The number of carbonyl (C=O) groups is 2. The van der Waals surface area contributed by atoms with Crippen LogP contribution in [0.15, 0.2) is 78.9 Å². The van der Waals surface area contributed by atoms with Gasteiger partial charge in [0.25, 0.3) is 11.8 Å². The van der Waals surface area contributed by atoms with Crippen LogP contribution in [0.25, 0.3) is 0 Å². The number of benzene rings is 3. The smallest absolute Gasteiger partial charge is 0.258 e. The summed E-state index contributed by atoms with van der Waals surface area (Å²) in [5.41, 5.74) is 3.50. The topological polar surface area (TPSA) is 61.4 Å². The summed E-state index contributed by atoms with van der Waals surface area (Å²) in [6.07, 6.45) is 0. The number of hydrogen-bond donors (Lipinski definition) is 2.